The van der Waals surface area contributed by atoms with Crippen LogP contribution in [0, 0.1) is 16.7 Å². The summed E-state index contributed by atoms with van der Waals surface area (Å²) < 4.78 is 12.9. The number of nitriles is 1. The van der Waals surface area contributed by atoms with Crippen molar-refractivity contribution in [1.29, 1.82) is 5.26 Å². The first-order valence-corrected chi connectivity index (χ1v) is 7.95. The molecule has 0 amide bonds. The van der Waals surface area contributed by atoms with E-state index in [0.717, 1.165) is 0 Å². The van der Waals surface area contributed by atoms with E-state index in [1.807, 2.05) is 6.92 Å². The lowest BCUT2D eigenvalue weighted by Crippen LogP contribution is -2.38. The van der Waals surface area contributed by atoms with Gasteiger partial charge >= 0.3 is 0 Å². The van der Waals surface area contributed by atoms with Gasteiger partial charge in [0.05, 0.1) is 25.1 Å². The number of imidazole rings is 1. The zero-order valence-electron chi connectivity index (χ0n) is 13.7. The summed E-state index contributed by atoms with van der Waals surface area (Å²) in [6.45, 7) is 3.77. The van der Waals surface area contributed by atoms with Gasteiger partial charge in [-0.2, -0.15) is 15.2 Å². The van der Waals surface area contributed by atoms with E-state index in [9.17, 15) is 15.5 Å². The van der Waals surface area contributed by atoms with E-state index >= 15 is 0 Å². The molecule has 0 radical (unpaired) electrons. The number of fused-ring (bicyclic) bond motifs is 1. The Morgan fingerprint density at radius 2 is 2.24 bits per heavy atom. The highest BCUT2D eigenvalue weighted by Gasteiger charge is 2.73. The monoisotopic (exact) mass is 346 g/mol. The van der Waals surface area contributed by atoms with Gasteiger partial charge in [-0.05, 0) is 13.8 Å². The molecule has 0 unspecified atom stereocenters. The molecular weight excluding hydrogens is 328 g/mol. The molecular formula is C15H18N6O4. The van der Waals surface area contributed by atoms with E-state index in [-0.39, 0.29) is 18.2 Å². The maximum absolute atomic E-state index is 10.6. The molecule has 1 aliphatic carbocycles. The Bertz CT molecular complexity index is 894. The molecule has 0 aromatic carbocycles. The molecule has 4 N–H and O–H groups in total. The number of anilines is 1. The number of nitrogen functional groups attached to an aromatic ring is 1. The summed E-state index contributed by atoms with van der Waals surface area (Å²) in [6.07, 6.45) is -1.13. The highest BCUT2D eigenvalue weighted by atomic mass is 16.6. The number of nitrogens with two attached hydrogens (primary N) is 1. The van der Waals surface area contributed by atoms with Crippen LogP contribution < -0.4 is 10.5 Å². The summed E-state index contributed by atoms with van der Waals surface area (Å²) in [4.78, 5) is 12.5. The molecule has 3 heterocycles. The summed E-state index contributed by atoms with van der Waals surface area (Å²) in [5.74, 6) is 0.234. The van der Waals surface area contributed by atoms with E-state index in [0.29, 0.717) is 17.8 Å². The fraction of sp³-hybridized carbons (Fsp3) is 0.600. The summed E-state index contributed by atoms with van der Waals surface area (Å²) in [6, 6.07) is 2.12. The lowest BCUT2D eigenvalue weighted by atomic mass is 9.83. The van der Waals surface area contributed by atoms with Crippen molar-refractivity contribution in [3.8, 4) is 11.9 Å². The van der Waals surface area contributed by atoms with Crippen LogP contribution in [0.25, 0.3) is 11.2 Å². The average molecular weight is 346 g/mol. The van der Waals surface area contributed by atoms with Gasteiger partial charge in [0.1, 0.15) is 17.1 Å². The normalized spacial score (nSPS) is 36.7. The minimum absolute atomic E-state index is 0.00363. The van der Waals surface area contributed by atoms with Crippen LogP contribution in [0.3, 0.4) is 0 Å². The van der Waals surface area contributed by atoms with Crippen LogP contribution in [-0.2, 0) is 4.74 Å². The van der Waals surface area contributed by atoms with Crippen LogP contribution in [0.4, 0.5) is 5.95 Å². The van der Waals surface area contributed by atoms with Gasteiger partial charge in [-0.15, -0.1) is 0 Å². The molecule has 2 aliphatic rings. The number of ether oxygens (including phenoxy) is 2. The molecule has 1 saturated heterocycles. The second kappa shape index (κ2) is 5.01. The van der Waals surface area contributed by atoms with Gasteiger partial charge in [0, 0.05) is 6.42 Å². The number of hydrogen-bond donors (Lipinski definition) is 3. The highest BCUT2D eigenvalue weighted by molar-refractivity contribution is 5.77. The maximum Gasteiger partial charge on any atom is 0.247 e. The van der Waals surface area contributed by atoms with Crippen molar-refractivity contribution >= 4 is 17.1 Å². The van der Waals surface area contributed by atoms with Gasteiger partial charge in [-0.25, -0.2) is 4.98 Å². The fourth-order valence-electron chi connectivity index (χ4n) is 3.48. The summed E-state index contributed by atoms with van der Waals surface area (Å²) in [5, 5.41) is 30.2. The van der Waals surface area contributed by atoms with Crippen LogP contribution in [0.15, 0.2) is 6.33 Å². The number of aliphatic hydroxyl groups is 2. The van der Waals surface area contributed by atoms with Crippen molar-refractivity contribution in [2.45, 2.75) is 44.3 Å². The lowest BCUT2D eigenvalue weighted by molar-refractivity contribution is -0.0608. The summed E-state index contributed by atoms with van der Waals surface area (Å²) in [7, 11) is 0. The van der Waals surface area contributed by atoms with Gasteiger partial charge in [-0.3, -0.25) is 4.57 Å². The zero-order valence-corrected chi connectivity index (χ0v) is 13.7. The Balaban J connectivity index is 1.86. The van der Waals surface area contributed by atoms with Gasteiger partial charge < -0.3 is 25.4 Å². The van der Waals surface area contributed by atoms with Crippen molar-refractivity contribution in [2.75, 3.05) is 12.3 Å². The van der Waals surface area contributed by atoms with E-state index < -0.39 is 29.5 Å². The predicted molar refractivity (Wildman–Crippen MR) is 84.1 cm³/mol. The molecule has 25 heavy (non-hydrogen) atoms. The van der Waals surface area contributed by atoms with Crippen molar-refractivity contribution in [1.82, 2.24) is 19.5 Å². The smallest absolute Gasteiger partial charge is 0.247 e. The van der Waals surface area contributed by atoms with E-state index in [4.69, 9.17) is 15.2 Å². The standard InChI is InChI=1S/C15H18N6O4/c1-3-24-10-8-9(19-13(17)20-10)21(6-18-8)12-14(2,5-16)11(23)15(25-12)4-7(15)22/h6-7,11-12,22-23H,3-4H2,1-2H3,(H2,17,19,20)/t7-,11-,12+,14+,15-/m0/s1. The second-order valence-electron chi connectivity index (χ2n) is 6.59. The molecule has 1 spiro atoms. The molecule has 2 aromatic rings. The lowest BCUT2D eigenvalue weighted by Gasteiger charge is -2.25. The first-order valence-electron chi connectivity index (χ1n) is 7.95. The minimum Gasteiger partial charge on any atom is -0.476 e. The molecule has 10 heteroatoms. The first kappa shape index (κ1) is 16.0. The summed E-state index contributed by atoms with van der Waals surface area (Å²) >= 11 is 0. The molecule has 1 saturated carbocycles. The second-order valence-corrected chi connectivity index (χ2v) is 6.59. The summed E-state index contributed by atoms with van der Waals surface area (Å²) in [5.41, 5.74) is 4.05. The first-order chi connectivity index (χ1) is 11.9. The fourth-order valence-corrected chi connectivity index (χ4v) is 3.48. The SMILES string of the molecule is CCOc1nc(N)nc2c1ncn2[C@@H]1O[C@]2(C[C@@H]2O)[C@@H](O)[C@@]1(C)C#N. The van der Waals surface area contributed by atoms with Gasteiger partial charge in [0.15, 0.2) is 17.4 Å². The van der Waals surface area contributed by atoms with Crippen LogP contribution in [0.5, 0.6) is 5.88 Å². The van der Waals surface area contributed by atoms with Crippen LogP contribution in [0.2, 0.25) is 0 Å². The largest absolute Gasteiger partial charge is 0.476 e. The molecule has 132 valence electrons. The third-order valence-electron chi connectivity index (χ3n) is 4.97. The van der Waals surface area contributed by atoms with E-state index in [2.05, 4.69) is 21.0 Å². The number of hydrogen-bond acceptors (Lipinski definition) is 9. The van der Waals surface area contributed by atoms with Gasteiger partial charge in [0.2, 0.25) is 11.8 Å². The van der Waals surface area contributed by atoms with Crippen LogP contribution >= 0.6 is 0 Å². The number of rotatable bonds is 3. The average Bonchev–Trinajstić information content (AvgIpc) is 2.95. The van der Waals surface area contributed by atoms with Crippen molar-refractivity contribution < 1.29 is 19.7 Å². The highest BCUT2D eigenvalue weighted by Crippen LogP contribution is 2.60. The van der Waals surface area contributed by atoms with Crippen molar-refractivity contribution in [3.05, 3.63) is 6.33 Å². The molecule has 4 rings (SSSR count). The maximum atomic E-state index is 10.6. The predicted octanol–water partition coefficient (Wildman–Crippen LogP) is -0.270. The Morgan fingerprint density at radius 1 is 1.52 bits per heavy atom. The third-order valence-corrected chi connectivity index (χ3v) is 4.97. The Morgan fingerprint density at radius 3 is 2.84 bits per heavy atom. The van der Waals surface area contributed by atoms with E-state index in [1.54, 1.807) is 6.92 Å². The molecule has 2 fully saturated rings. The number of aliphatic hydroxyl groups excluding tert-OH is 2. The molecule has 0 bridgehead atoms. The Hall–Kier alpha value is -2.48. The minimum atomic E-state index is -1.30. The molecule has 2 aromatic heterocycles. The Labute approximate surface area is 142 Å². The van der Waals surface area contributed by atoms with Gasteiger partial charge in [0.25, 0.3) is 0 Å². The zero-order chi connectivity index (χ0) is 18.0. The van der Waals surface area contributed by atoms with Crippen molar-refractivity contribution in [2.24, 2.45) is 5.41 Å². The molecule has 5 atom stereocenters. The number of nitrogens with zero attached hydrogens (tertiary/aromatic N) is 5. The molecule has 10 nitrogen and oxygen atoms in total. The number of aromatic nitrogens is 4. The Kier molecular flexibility index (Phi) is 3.21. The quantitative estimate of drug-likeness (QED) is 0.681. The topological polar surface area (TPSA) is 152 Å². The van der Waals surface area contributed by atoms with E-state index in [1.165, 1.54) is 10.9 Å². The third kappa shape index (κ3) is 1.97. The van der Waals surface area contributed by atoms with Gasteiger partial charge in [-0.1, -0.05) is 0 Å². The van der Waals surface area contributed by atoms with Crippen LogP contribution in [0.1, 0.15) is 26.5 Å². The molecule has 1 aliphatic heterocycles. The van der Waals surface area contributed by atoms with Crippen molar-refractivity contribution in [3.63, 3.8) is 0 Å². The van der Waals surface area contributed by atoms with Crippen LogP contribution in [-0.4, -0.2) is 54.1 Å².